The number of aryl methyl sites for hydroxylation is 2. The Hall–Kier alpha value is -3.35. The summed E-state index contributed by atoms with van der Waals surface area (Å²) in [5, 5.41) is 0. The first-order chi connectivity index (χ1) is 13.0. The fourth-order valence-electron chi connectivity index (χ4n) is 3.39. The van der Waals surface area contributed by atoms with Crippen molar-refractivity contribution in [1.29, 1.82) is 0 Å². The highest BCUT2D eigenvalue weighted by atomic mass is 16.2. The van der Waals surface area contributed by atoms with Gasteiger partial charge in [-0.15, -0.1) is 0 Å². The number of fused-ring (bicyclic) bond motifs is 3. The molecule has 4 rings (SSSR count). The summed E-state index contributed by atoms with van der Waals surface area (Å²) in [5.74, 6) is 0.655. The molecule has 138 valence electrons. The highest BCUT2D eigenvalue weighted by Crippen LogP contribution is 2.17. The Morgan fingerprint density at radius 3 is 2.56 bits per heavy atom. The molecule has 0 aliphatic carbocycles. The molecular weight excluding hydrogens is 342 g/mol. The standard InChI is InChI=1S/C20H21N5O2/c1-4-5-11-23-18(26)16-17(22(3)20(23)27)21-19-24(14(2)12-25(16)19)13-15-9-7-6-8-10-15/h4-10,12H,11,13H2,1-3H3. The van der Waals surface area contributed by atoms with Crippen LogP contribution in [0.3, 0.4) is 0 Å². The number of benzene rings is 1. The predicted molar refractivity (Wildman–Crippen MR) is 105 cm³/mol. The van der Waals surface area contributed by atoms with E-state index >= 15 is 0 Å². The minimum Gasteiger partial charge on any atom is -0.310 e. The van der Waals surface area contributed by atoms with Gasteiger partial charge < -0.3 is 4.57 Å². The predicted octanol–water partition coefficient (Wildman–Crippen LogP) is 2.08. The van der Waals surface area contributed by atoms with Crippen LogP contribution < -0.4 is 11.2 Å². The SMILES string of the molecule is CC=CCn1c(=O)c2c(nc3n(Cc4ccccc4)c(C)cn23)n(C)c1=O. The van der Waals surface area contributed by atoms with Crippen LogP contribution in [0, 0.1) is 6.92 Å². The van der Waals surface area contributed by atoms with E-state index in [-0.39, 0.29) is 17.8 Å². The van der Waals surface area contributed by atoms with Crippen molar-refractivity contribution >= 4 is 16.9 Å². The molecule has 4 aromatic rings. The van der Waals surface area contributed by atoms with Gasteiger partial charge in [-0.2, -0.15) is 4.98 Å². The van der Waals surface area contributed by atoms with E-state index in [4.69, 9.17) is 0 Å². The molecule has 27 heavy (non-hydrogen) atoms. The first-order valence-electron chi connectivity index (χ1n) is 8.85. The Labute approximate surface area is 155 Å². The summed E-state index contributed by atoms with van der Waals surface area (Å²) in [7, 11) is 1.65. The second kappa shape index (κ2) is 6.42. The molecule has 0 bridgehead atoms. The van der Waals surface area contributed by atoms with Crippen LogP contribution in [0.15, 0.2) is 58.3 Å². The third-order valence-corrected chi connectivity index (χ3v) is 4.85. The second-order valence-electron chi connectivity index (χ2n) is 6.62. The molecule has 0 amide bonds. The first-order valence-corrected chi connectivity index (χ1v) is 8.85. The highest BCUT2D eigenvalue weighted by molar-refractivity contribution is 5.75. The van der Waals surface area contributed by atoms with E-state index in [0.717, 1.165) is 11.3 Å². The molecule has 0 aliphatic heterocycles. The maximum atomic E-state index is 13.0. The molecule has 0 fully saturated rings. The van der Waals surface area contributed by atoms with E-state index in [0.29, 0.717) is 23.5 Å². The highest BCUT2D eigenvalue weighted by Gasteiger charge is 2.19. The third-order valence-electron chi connectivity index (χ3n) is 4.85. The lowest BCUT2D eigenvalue weighted by atomic mass is 10.2. The molecule has 1 aromatic carbocycles. The van der Waals surface area contributed by atoms with Crippen molar-refractivity contribution in [1.82, 2.24) is 23.1 Å². The Kier molecular flexibility index (Phi) is 4.07. The zero-order valence-electron chi connectivity index (χ0n) is 15.6. The van der Waals surface area contributed by atoms with Gasteiger partial charge in [0.2, 0.25) is 5.78 Å². The summed E-state index contributed by atoms with van der Waals surface area (Å²) >= 11 is 0. The largest absolute Gasteiger partial charge is 0.332 e. The normalized spacial score (nSPS) is 12.0. The lowest BCUT2D eigenvalue weighted by Gasteiger charge is -2.06. The number of imidazole rings is 2. The van der Waals surface area contributed by atoms with Gasteiger partial charge in [-0.1, -0.05) is 42.5 Å². The smallest absolute Gasteiger partial charge is 0.310 e. The van der Waals surface area contributed by atoms with Crippen LogP contribution in [0.25, 0.3) is 16.9 Å². The van der Waals surface area contributed by atoms with Gasteiger partial charge in [0.15, 0.2) is 11.2 Å². The molecular formula is C20H21N5O2. The van der Waals surface area contributed by atoms with Crippen molar-refractivity contribution in [2.24, 2.45) is 7.05 Å². The first kappa shape index (κ1) is 17.1. The number of aromatic nitrogens is 5. The fourth-order valence-corrected chi connectivity index (χ4v) is 3.39. The Balaban J connectivity index is 2.00. The van der Waals surface area contributed by atoms with Crippen LogP contribution >= 0.6 is 0 Å². The molecule has 3 aromatic heterocycles. The minimum absolute atomic E-state index is 0.245. The van der Waals surface area contributed by atoms with E-state index in [1.165, 1.54) is 9.13 Å². The quantitative estimate of drug-likeness (QED) is 0.522. The lowest BCUT2D eigenvalue weighted by molar-refractivity contribution is 0.666. The van der Waals surface area contributed by atoms with E-state index in [1.54, 1.807) is 17.5 Å². The van der Waals surface area contributed by atoms with Crippen molar-refractivity contribution in [3.63, 3.8) is 0 Å². The van der Waals surface area contributed by atoms with Gasteiger partial charge in [0, 0.05) is 25.5 Å². The maximum Gasteiger partial charge on any atom is 0.332 e. The van der Waals surface area contributed by atoms with Gasteiger partial charge in [0.1, 0.15) is 0 Å². The zero-order valence-corrected chi connectivity index (χ0v) is 15.6. The van der Waals surface area contributed by atoms with Crippen molar-refractivity contribution in [3.8, 4) is 0 Å². The molecule has 0 unspecified atom stereocenters. The van der Waals surface area contributed by atoms with Gasteiger partial charge in [-0.3, -0.25) is 18.3 Å². The summed E-state index contributed by atoms with van der Waals surface area (Å²) in [5.41, 5.74) is 2.28. The molecule has 0 spiro atoms. The fraction of sp³-hybridized carbons (Fsp3) is 0.250. The Bertz CT molecular complexity index is 1290. The average molecular weight is 363 g/mol. The summed E-state index contributed by atoms with van der Waals surface area (Å²) in [6.45, 7) is 4.74. The average Bonchev–Trinajstić information content (AvgIpc) is 3.17. The van der Waals surface area contributed by atoms with Crippen LogP contribution in [-0.4, -0.2) is 23.1 Å². The number of allylic oxidation sites excluding steroid dienone is 2. The summed E-state index contributed by atoms with van der Waals surface area (Å²) in [6, 6.07) is 10.1. The molecule has 7 nitrogen and oxygen atoms in total. The Morgan fingerprint density at radius 1 is 1.11 bits per heavy atom. The maximum absolute atomic E-state index is 13.0. The van der Waals surface area contributed by atoms with Crippen molar-refractivity contribution in [3.05, 3.63) is 80.8 Å². The molecule has 0 aliphatic rings. The zero-order chi connectivity index (χ0) is 19.1. The molecule has 0 radical (unpaired) electrons. The third kappa shape index (κ3) is 2.63. The van der Waals surface area contributed by atoms with Crippen LogP contribution in [0.2, 0.25) is 0 Å². The molecule has 0 saturated heterocycles. The van der Waals surface area contributed by atoms with E-state index in [2.05, 4.69) is 21.7 Å². The second-order valence-corrected chi connectivity index (χ2v) is 6.62. The van der Waals surface area contributed by atoms with Crippen LogP contribution in [0.1, 0.15) is 18.2 Å². The lowest BCUT2D eigenvalue weighted by Crippen LogP contribution is -2.39. The number of nitrogens with zero attached hydrogens (tertiary/aromatic N) is 5. The molecule has 7 heteroatoms. The van der Waals surface area contributed by atoms with Gasteiger partial charge in [-0.25, -0.2) is 4.79 Å². The van der Waals surface area contributed by atoms with Crippen molar-refractivity contribution < 1.29 is 0 Å². The summed E-state index contributed by atoms with van der Waals surface area (Å²) in [6.07, 6.45) is 5.51. The van der Waals surface area contributed by atoms with E-state index < -0.39 is 0 Å². The monoisotopic (exact) mass is 363 g/mol. The topological polar surface area (TPSA) is 66.2 Å². The van der Waals surface area contributed by atoms with Gasteiger partial charge in [0.25, 0.3) is 5.56 Å². The number of hydrogen-bond donors (Lipinski definition) is 0. The van der Waals surface area contributed by atoms with Crippen LogP contribution in [0.4, 0.5) is 0 Å². The Morgan fingerprint density at radius 2 is 1.85 bits per heavy atom. The van der Waals surface area contributed by atoms with Crippen molar-refractivity contribution in [2.75, 3.05) is 0 Å². The molecule has 0 N–H and O–H groups in total. The van der Waals surface area contributed by atoms with E-state index in [9.17, 15) is 9.59 Å². The van der Waals surface area contributed by atoms with Gasteiger partial charge in [0.05, 0.1) is 6.54 Å². The minimum atomic E-state index is -0.363. The van der Waals surface area contributed by atoms with Crippen LogP contribution in [-0.2, 0) is 20.1 Å². The van der Waals surface area contributed by atoms with Crippen LogP contribution in [0.5, 0.6) is 0 Å². The molecule has 0 saturated carbocycles. The summed E-state index contributed by atoms with van der Waals surface area (Å²) < 4.78 is 6.52. The van der Waals surface area contributed by atoms with Gasteiger partial charge >= 0.3 is 5.69 Å². The number of hydrogen-bond acceptors (Lipinski definition) is 3. The summed E-state index contributed by atoms with van der Waals surface area (Å²) in [4.78, 5) is 30.2. The van der Waals surface area contributed by atoms with E-state index in [1.807, 2.05) is 44.3 Å². The molecule has 3 heterocycles. The molecule has 0 atom stereocenters. The number of rotatable bonds is 4. The van der Waals surface area contributed by atoms with Gasteiger partial charge in [-0.05, 0) is 19.4 Å². The van der Waals surface area contributed by atoms with Crippen molar-refractivity contribution in [2.45, 2.75) is 26.9 Å².